The fraction of sp³-hybridized carbons (Fsp3) is 0.800. The Labute approximate surface area is 120 Å². The summed E-state index contributed by atoms with van der Waals surface area (Å²) >= 11 is 1.92. The average Bonchev–Trinajstić information content (AvgIpc) is 2.91. The Morgan fingerprint density at radius 1 is 1.16 bits per heavy atom. The van der Waals surface area contributed by atoms with Gasteiger partial charge >= 0.3 is 0 Å². The van der Waals surface area contributed by atoms with E-state index in [0.29, 0.717) is 6.04 Å². The first-order chi connectivity index (χ1) is 9.29. The predicted octanol–water partition coefficient (Wildman–Crippen LogP) is 3.51. The highest BCUT2D eigenvalue weighted by atomic mass is 32.1. The van der Waals surface area contributed by atoms with Crippen molar-refractivity contribution in [1.29, 1.82) is 0 Å². The van der Waals surface area contributed by atoms with E-state index < -0.39 is 0 Å². The minimum atomic E-state index is 0.537. The Bertz CT molecular complexity index is 423. The lowest BCUT2D eigenvalue weighted by atomic mass is 9.95. The van der Waals surface area contributed by atoms with Gasteiger partial charge in [0.05, 0.1) is 5.69 Å². The highest BCUT2D eigenvalue weighted by Gasteiger charge is 2.26. The lowest BCUT2D eigenvalue weighted by Crippen LogP contribution is -2.33. The van der Waals surface area contributed by atoms with E-state index in [1.54, 1.807) is 0 Å². The zero-order valence-electron chi connectivity index (χ0n) is 12.1. The maximum absolute atomic E-state index is 4.93. The number of hydrogen-bond acceptors (Lipinski definition) is 4. The molecule has 19 heavy (non-hydrogen) atoms. The van der Waals surface area contributed by atoms with E-state index in [1.165, 1.54) is 67.1 Å². The summed E-state index contributed by atoms with van der Waals surface area (Å²) in [7, 11) is 4.32. The second kappa shape index (κ2) is 5.80. The summed E-state index contributed by atoms with van der Waals surface area (Å²) in [5.74, 6) is 0. The van der Waals surface area contributed by atoms with Crippen molar-refractivity contribution in [2.75, 3.05) is 19.0 Å². The molecule has 1 fully saturated rings. The first-order valence-corrected chi connectivity index (χ1v) is 8.51. The Morgan fingerprint density at radius 2 is 1.95 bits per heavy atom. The normalized spacial score (nSPS) is 24.2. The number of rotatable bonds is 3. The van der Waals surface area contributed by atoms with E-state index in [9.17, 15) is 0 Å². The summed E-state index contributed by atoms with van der Waals surface area (Å²) in [4.78, 5) is 8.87. The molecule has 0 saturated heterocycles. The van der Waals surface area contributed by atoms with Crippen LogP contribution in [0.3, 0.4) is 0 Å². The summed E-state index contributed by atoms with van der Waals surface area (Å²) in [6, 6.07) is 1.25. The number of fused-ring (bicyclic) bond motifs is 1. The van der Waals surface area contributed by atoms with Crippen LogP contribution in [0, 0.1) is 0 Å². The molecule has 1 heterocycles. The van der Waals surface area contributed by atoms with Crippen molar-refractivity contribution in [3.8, 4) is 0 Å². The lowest BCUT2D eigenvalue weighted by molar-refractivity contribution is 0.427. The third-order valence-electron chi connectivity index (χ3n) is 4.71. The van der Waals surface area contributed by atoms with Gasteiger partial charge < -0.3 is 10.2 Å². The molecule has 1 saturated carbocycles. The fourth-order valence-electron chi connectivity index (χ4n) is 3.46. The molecule has 3 rings (SSSR count). The van der Waals surface area contributed by atoms with E-state index in [-0.39, 0.29) is 0 Å². The van der Waals surface area contributed by atoms with Gasteiger partial charge in [-0.25, -0.2) is 4.98 Å². The van der Waals surface area contributed by atoms with Gasteiger partial charge in [0.2, 0.25) is 0 Å². The van der Waals surface area contributed by atoms with Gasteiger partial charge in [-0.2, -0.15) is 0 Å². The van der Waals surface area contributed by atoms with Crippen molar-refractivity contribution in [2.45, 2.75) is 63.5 Å². The van der Waals surface area contributed by atoms with Gasteiger partial charge in [0, 0.05) is 24.0 Å². The van der Waals surface area contributed by atoms with Gasteiger partial charge in [-0.3, -0.25) is 0 Å². The van der Waals surface area contributed by atoms with Gasteiger partial charge in [-0.05, 0) is 39.2 Å². The number of nitrogens with one attached hydrogen (secondary N) is 1. The number of anilines is 1. The number of hydrogen-bond donors (Lipinski definition) is 1. The summed E-state index contributed by atoms with van der Waals surface area (Å²) < 4.78 is 0. The van der Waals surface area contributed by atoms with Gasteiger partial charge in [-0.15, -0.1) is 0 Å². The van der Waals surface area contributed by atoms with Crippen molar-refractivity contribution >= 4 is 16.5 Å². The first kappa shape index (κ1) is 13.4. The SMILES string of the molecule is CNC1CCCc2nc(N(C)C3CCCCC3)sc21. The van der Waals surface area contributed by atoms with Gasteiger partial charge in [0.25, 0.3) is 0 Å². The summed E-state index contributed by atoms with van der Waals surface area (Å²) in [5.41, 5.74) is 1.35. The number of thiazole rings is 1. The minimum Gasteiger partial charge on any atom is -0.348 e. The standard InChI is InChI=1S/C15H25N3S/c1-16-12-9-6-10-13-14(12)19-15(17-13)18(2)11-7-4-3-5-8-11/h11-12,16H,3-10H2,1-2H3. The Morgan fingerprint density at radius 3 is 2.68 bits per heavy atom. The molecular formula is C15H25N3S. The maximum atomic E-state index is 4.93. The lowest BCUT2D eigenvalue weighted by Gasteiger charge is -2.30. The van der Waals surface area contributed by atoms with Gasteiger partial charge in [0.15, 0.2) is 5.13 Å². The molecule has 1 unspecified atom stereocenters. The van der Waals surface area contributed by atoms with Gasteiger partial charge in [-0.1, -0.05) is 30.6 Å². The zero-order valence-corrected chi connectivity index (χ0v) is 12.9. The van der Waals surface area contributed by atoms with E-state index in [4.69, 9.17) is 4.98 Å². The van der Waals surface area contributed by atoms with Crippen LogP contribution in [-0.4, -0.2) is 25.1 Å². The molecular weight excluding hydrogens is 254 g/mol. The molecule has 0 aliphatic heterocycles. The Kier molecular flexibility index (Phi) is 4.08. The highest BCUT2D eigenvalue weighted by Crippen LogP contribution is 2.38. The van der Waals surface area contributed by atoms with E-state index in [0.717, 1.165) is 6.04 Å². The highest BCUT2D eigenvalue weighted by molar-refractivity contribution is 7.15. The van der Waals surface area contributed by atoms with Crippen LogP contribution in [0.25, 0.3) is 0 Å². The summed E-state index contributed by atoms with van der Waals surface area (Å²) in [5, 5.41) is 4.69. The molecule has 1 aromatic heterocycles. The average molecular weight is 279 g/mol. The molecule has 0 radical (unpaired) electrons. The summed E-state index contributed by atoms with van der Waals surface area (Å²) in [6.45, 7) is 0. The number of aromatic nitrogens is 1. The molecule has 106 valence electrons. The van der Waals surface area contributed by atoms with E-state index in [2.05, 4.69) is 24.3 Å². The van der Waals surface area contributed by atoms with Crippen LogP contribution in [0.15, 0.2) is 0 Å². The monoisotopic (exact) mass is 279 g/mol. The fourth-order valence-corrected chi connectivity index (χ4v) is 4.75. The molecule has 0 amide bonds. The zero-order chi connectivity index (χ0) is 13.2. The van der Waals surface area contributed by atoms with E-state index in [1.807, 2.05) is 11.3 Å². The molecule has 1 N–H and O–H groups in total. The van der Waals surface area contributed by atoms with Crippen LogP contribution in [0.2, 0.25) is 0 Å². The van der Waals surface area contributed by atoms with Crippen LogP contribution in [0.5, 0.6) is 0 Å². The maximum Gasteiger partial charge on any atom is 0.185 e. The molecule has 4 heteroatoms. The molecule has 2 aliphatic rings. The third kappa shape index (κ3) is 2.65. The Hall–Kier alpha value is -0.610. The quantitative estimate of drug-likeness (QED) is 0.917. The largest absolute Gasteiger partial charge is 0.348 e. The number of nitrogens with zero attached hydrogens (tertiary/aromatic N) is 2. The first-order valence-electron chi connectivity index (χ1n) is 7.69. The van der Waals surface area contributed by atoms with Crippen LogP contribution in [0.1, 0.15) is 61.6 Å². The summed E-state index contributed by atoms with van der Waals surface area (Å²) in [6.07, 6.45) is 10.6. The van der Waals surface area contributed by atoms with Gasteiger partial charge in [0.1, 0.15) is 0 Å². The second-order valence-electron chi connectivity index (χ2n) is 5.94. The Balaban J connectivity index is 1.79. The smallest absolute Gasteiger partial charge is 0.185 e. The molecule has 1 atom stereocenters. The minimum absolute atomic E-state index is 0.537. The molecule has 2 aliphatic carbocycles. The topological polar surface area (TPSA) is 28.2 Å². The second-order valence-corrected chi connectivity index (χ2v) is 6.95. The molecule has 0 bridgehead atoms. The van der Waals surface area contributed by atoms with Crippen molar-refractivity contribution in [1.82, 2.24) is 10.3 Å². The van der Waals surface area contributed by atoms with Crippen LogP contribution in [-0.2, 0) is 6.42 Å². The molecule has 0 aromatic carbocycles. The van der Waals surface area contributed by atoms with Crippen LogP contribution >= 0.6 is 11.3 Å². The van der Waals surface area contributed by atoms with Crippen LogP contribution in [0.4, 0.5) is 5.13 Å². The molecule has 0 spiro atoms. The third-order valence-corrected chi connectivity index (χ3v) is 6.01. The number of aryl methyl sites for hydroxylation is 1. The van der Waals surface area contributed by atoms with Crippen molar-refractivity contribution in [3.63, 3.8) is 0 Å². The van der Waals surface area contributed by atoms with Crippen LogP contribution < -0.4 is 10.2 Å². The van der Waals surface area contributed by atoms with E-state index >= 15 is 0 Å². The predicted molar refractivity (Wildman–Crippen MR) is 82.1 cm³/mol. The molecule has 3 nitrogen and oxygen atoms in total. The molecule has 1 aromatic rings. The van der Waals surface area contributed by atoms with Crippen molar-refractivity contribution in [3.05, 3.63) is 10.6 Å². The van der Waals surface area contributed by atoms with Crippen molar-refractivity contribution < 1.29 is 0 Å². The van der Waals surface area contributed by atoms with Crippen molar-refractivity contribution in [2.24, 2.45) is 0 Å².